The molecule has 9 heteroatoms. The quantitative estimate of drug-likeness (QED) is 0.681. The van der Waals surface area contributed by atoms with E-state index in [1.807, 2.05) is 0 Å². The number of benzene rings is 1. The first-order valence-corrected chi connectivity index (χ1v) is 11.4. The minimum atomic E-state index is -3.78. The van der Waals surface area contributed by atoms with Gasteiger partial charge in [0.15, 0.2) is 0 Å². The number of carbonyl (C=O) groups is 1. The number of hydrogen-bond donors (Lipinski definition) is 1. The normalized spacial score (nSPS) is 16.6. The summed E-state index contributed by atoms with van der Waals surface area (Å²) in [6, 6.07) is 4.63. The molecule has 6 nitrogen and oxygen atoms in total. The van der Waals surface area contributed by atoms with E-state index in [9.17, 15) is 13.2 Å². The van der Waals surface area contributed by atoms with Crippen molar-refractivity contribution in [3.05, 3.63) is 28.2 Å². The van der Waals surface area contributed by atoms with E-state index in [-0.39, 0.29) is 39.9 Å². The monoisotopic (exact) mass is 435 g/mol. The molecule has 1 aromatic carbocycles. The number of sulfonamides is 1. The van der Waals surface area contributed by atoms with Gasteiger partial charge in [-0.15, -0.1) is 0 Å². The second-order valence-electron chi connectivity index (χ2n) is 6.55. The third-order valence-corrected chi connectivity index (χ3v) is 7.82. The lowest BCUT2D eigenvalue weighted by Crippen LogP contribution is -2.44. The lowest BCUT2D eigenvalue weighted by Gasteiger charge is -2.31. The molecule has 2 rings (SSSR count). The van der Waals surface area contributed by atoms with Crippen molar-refractivity contribution in [2.24, 2.45) is 5.92 Å². The molecule has 0 aliphatic carbocycles. The topological polar surface area (TPSA) is 69.7 Å². The van der Waals surface area contributed by atoms with Gasteiger partial charge in [0.05, 0.1) is 10.0 Å². The second-order valence-corrected chi connectivity index (χ2v) is 9.24. The molecule has 0 saturated carbocycles. The number of piperidine rings is 1. The van der Waals surface area contributed by atoms with Gasteiger partial charge in [-0.2, -0.15) is 4.31 Å². The fourth-order valence-electron chi connectivity index (χ4n) is 3.24. The molecule has 0 unspecified atom stereocenters. The standard InChI is InChI=1S/C18H27Cl2N3O3S/c1-3-22(4-2)13-10-21-18(24)14-8-11-23(12-9-14)27(25,26)17-15(19)6-5-7-16(17)20/h5-7,14H,3-4,8-13H2,1-2H3,(H,21,24). The third-order valence-electron chi connectivity index (χ3n) is 4.96. The predicted octanol–water partition coefficient (Wildman–Crippen LogP) is 2.85. The Labute approximate surface area is 171 Å². The molecule has 1 fully saturated rings. The van der Waals surface area contributed by atoms with Gasteiger partial charge in [0, 0.05) is 32.1 Å². The first-order chi connectivity index (χ1) is 12.8. The van der Waals surface area contributed by atoms with Crippen LogP contribution in [0.1, 0.15) is 26.7 Å². The molecule has 0 radical (unpaired) electrons. The molecule has 0 spiro atoms. The highest BCUT2D eigenvalue weighted by atomic mass is 35.5. The van der Waals surface area contributed by atoms with Crippen LogP contribution >= 0.6 is 23.2 Å². The van der Waals surface area contributed by atoms with Gasteiger partial charge in [-0.05, 0) is 38.1 Å². The molecule has 1 N–H and O–H groups in total. The van der Waals surface area contributed by atoms with Crippen molar-refractivity contribution in [3.8, 4) is 0 Å². The van der Waals surface area contributed by atoms with Crippen LogP contribution in [0.25, 0.3) is 0 Å². The molecule has 0 bridgehead atoms. The van der Waals surface area contributed by atoms with Crippen molar-refractivity contribution in [1.82, 2.24) is 14.5 Å². The van der Waals surface area contributed by atoms with Gasteiger partial charge in [0.25, 0.3) is 0 Å². The van der Waals surface area contributed by atoms with Crippen LogP contribution in [-0.4, -0.2) is 62.8 Å². The van der Waals surface area contributed by atoms with E-state index in [4.69, 9.17) is 23.2 Å². The number of amides is 1. The Balaban J connectivity index is 1.92. The van der Waals surface area contributed by atoms with Gasteiger partial charge in [-0.25, -0.2) is 8.42 Å². The Kier molecular flexibility index (Phi) is 8.37. The molecule has 1 aliphatic heterocycles. The fraction of sp³-hybridized carbons (Fsp3) is 0.611. The van der Waals surface area contributed by atoms with Crippen molar-refractivity contribution < 1.29 is 13.2 Å². The number of nitrogens with one attached hydrogen (secondary N) is 1. The predicted molar refractivity (Wildman–Crippen MR) is 109 cm³/mol. The van der Waals surface area contributed by atoms with Crippen LogP contribution in [-0.2, 0) is 14.8 Å². The molecule has 1 aromatic rings. The maximum absolute atomic E-state index is 12.9. The van der Waals surface area contributed by atoms with Crippen molar-refractivity contribution in [2.45, 2.75) is 31.6 Å². The van der Waals surface area contributed by atoms with Crippen LogP contribution in [0, 0.1) is 5.92 Å². The molecule has 1 amide bonds. The van der Waals surface area contributed by atoms with E-state index in [0.717, 1.165) is 19.6 Å². The highest BCUT2D eigenvalue weighted by molar-refractivity contribution is 7.89. The summed E-state index contributed by atoms with van der Waals surface area (Å²) >= 11 is 12.1. The van der Waals surface area contributed by atoms with E-state index < -0.39 is 10.0 Å². The number of carbonyl (C=O) groups excluding carboxylic acids is 1. The van der Waals surface area contributed by atoms with Crippen molar-refractivity contribution in [3.63, 3.8) is 0 Å². The Morgan fingerprint density at radius 3 is 2.26 bits per heavy atom. The zero-order valence-electron chi connectivity index (χ0n) is 15.7. The van der Waals surface area contributed by atoms with Crippen LogP contribution < -0.4 is 5.32 Å². The number of halogens is 2. The van der Waals surface area contributed by atoms with Crippen LogP contribution in [0.2, 0.25) is 10.0 Å². The van der Waals surface area contributed by atoms with Gasteiger partial charge in [0.2, 0.25) is 15.9 Å². The molecule has 0 atom stereocenters. The lowest BCUT2D eigenvalue weighted by atomic mass is 9.97. The minimum Gasteiger partial charge on any atom is -0.355 e. The minimum absolute atomic E-state index is 0.00465. The van der Waals surface area contributed by atoms with Crippen molar-refractivity contribution in [2.75, 3.05) is 39.3 Å². The SMILES string of the molecule is CCN(CC)CCNC(=O)C1CCN(S(=O)(=O)c2c(Cl)cccc2Cl)CC1. The van der Waals surface area contributed by atoms with E-state index in [0.29, 0.717) is 19.4 Å². The molecule has 27 heavy (non-hydrogen) atoms. The summed E-state index contributed by atoms with van der Waals surface area (Å²) in [5, 5.41) is 3.18. The third kappa shape index (κ3) is 5.57. The number of likely N-dealkylation sites (N-methyl/N-ethyl adjacent to an activating group) is 1. The molecule has 0 aromatic heterocycles. The smallest absolute Gasteiger partial charge is 0.246 e. The zero-order chi connectivity index (χ0) is 20.0. The molecular weight excluding hydrogens is 409 g/mol. The molecule has 1 heterocycles. The lowest BCUT2D eigenvalue weighted by molar-refractivity contribution is -0.126. The summed E-state index contributed by atoms with van der Waals surface area (Å²) in [6.07, 6.45) is 0.969. The maximum Gasteiger partial charge on any atom is 0.246 e. The van der Waals surface area contributed by atoms with E-state index in [2.05, 4.69) is 24.1 Å². The summed E-state index contributed by atoms with van der Waals surface area (Å²) in [5.74, 6) is -0.176. The zero-order valence-corrected chi connectivity index (χ0v) is 18.1. The highest BCUT2D eigenvalue weighted by Crippen LogP contribution is 2.33. The van der Waals surface area contributed by atoms with Crippen molar-refractivity contribution >= 4 is 39.1 Å². The van der Waals surface area contributed by atoms with Gasteiger partial charge < -0.3 is 10.2 Å². The van der Waals surface area contributed by atoms with Crippen LogP contribution in [0.4, 0.5) is 0 Å². The fourth-order valence-corrected chi connectivity index (χ4v) is 5.80. The van der Waals surface area contributed by atoms with Crippen LogP contribution in [0.15, 0.2) is 23.1 Å². The largest absolute Gasteiger partial charge is 0.355 e. The van der Waals surface area contributed by atoms with Crippen molar-refractivity contribution in [1.29, 1.82) is 0 Å². The van der Waals surface area contributed by atoms with Gasteiger partial charge in [0.1, 0.15) is 4.90 Å². The average Bonchev–Trinajstić information content (AvgIpc) is 2.65. The second kappa shape index (κ2) is 10.1. The Bertz CT molecular complexity index is 726. The molecule has 1 aliphatic rings. The number of nitrogens with zero attached hydrogens (tertiary/aromatic N) is 2. The van der Waals surface area contributed by atoms with Crippen LogP contribution in [0.3, 0.4) is 0 Å². The average molecular weight is 436 g/mol. The first-order valence-electron chi connectivity index (χ1n) is 9.25. The Morgan fingerprint density at radius 2 is 1.74 bits per heavy atom. The molecule has 1 saturated heterocycles. The van der Waals surface area contributed by atoms with Crippen LogP contribution in [0.5, 0.6) is 0 Å². The van der Waals surface area contributed by atoms with Gasteiger partial charge in [-0.3, -0.25) is 4.79 Å². The van der Waals surface area contributed by atoms with E-state index in [1.54, 1.807) is 6.07 Å². The van der Waals surface area contributed by atoms with Gasteiger partial charge >= 0.3 is 0 Å². The Hall–Kier alpha value is -0.860. The maximum atomic E-state index is 12.9. The highest BCUT2D eigenvalue weighted by Gasteiger charge is 2.34. The summed E-state index contributed by atoms with van der Waals surface area (Å²) in [4.78, 5) is 14.5. The van der Waals surface area contributed by atoms with E-state index in [1.165, 1.54) is 16.4 Å². The van der Waals surface area contributed by atoms with E-state index >= 15 is 0 Å². The molecule has 152 valence electrons. The first kappa shape index (κ1) is 22.4. The summed E-state index contributed by atoms with van der Waals surface area (Å²) in [6.45, 7) is 8.06. The molecular formula is C18H27Cl2N3O3S. The summed E-state index contributed by atoms with van der Waals surface area (Å²) < 4.78 is 27.1. The summed E-state index contributed by atoms with van der Waals surface area (Å²) in [7, 11) is -3.78. The Morgan fingerprint density at radius 1 is 1.19 bits per heavy atom. The summed E-state index contributed by atoms with van der Waals surface area (Å²) in [5.41, 5.74) is 0. The van der Waals surface area contributed by atoms with Gasteiger partial charge in [-0.1, -0.05) is 43.1 Å². The number of hydrogen-bond acceptors (Lipinski definition) is 4. The number of rotatable bonds is 8.